The number of hydrogen-bond acceptors (Lipinski definition) is 6. The molecule has 3 heterocycles. The fourth-order valence-electron chi connectivity index (χ4n) is 7.26. The molecule has 9 heteroatoms. The van der Waals surface area contributed by atoms with Gasteiger partial charge in [-0.15, -0.1) is 11.8 Å². The third kappa shape index (κ3) is 2.93. The molecule has 0 spiro atoms. The molecule has 4 aliphatic rings. The van der Waals surface area contributed by atoms with E-state index in [1.807, 2.05) is 48.5 Å². The molecule has 7 rings (SSSR count). The second-order valence-electron chi connectivity index (χ2n) is 10.0. The molecule has 0 radical (unpaired) electrons. The molecule has 3 fully saturated rings. The first-order valence-corrected chi connectivity index (χ1v) is 13.7. The molecule has 36 heavy (non-hydrogen) atoms. The molecule has 1 N–H and O–H groups in total. The van der Waals surface area contributed by atoms with Crippen molar-refractivity contribution in [3.05, 3.63) is 80.8 Å². The van der Waals surface area contributed by atoms with Crippen LogP contribution in [-0.2, 0) is 14.4 Å². The number of nitrogens with zero attached hydrogens (tertiary/aromatic N) is 2. The van der Waals surface area contributed by atoms with Crippen LogP contribution in [0.25, 0.3) is 5.69 Å². The summed E-state index contributed by atoms with van der Waals surface area (Å²) in [7, 11) is 0. The summed E-state index contributed by atoms with van der Waals surface area (Å²) in [6.45, 7) is -0.574. The van der Waals surface area contributed by atoms with Gasteiger partial charge in [-0.1, -0.05) is 59.9 Å². The third-order valence-electron chi connectivity index (χ3n) is 8.43. The molecule has 2 amide bonds. The molecule has 2 aliphatic carbocycles. The van der Waals surface area contributed by atoms with Crippen molar-refractivity contribution < 1.29 is 19.5 Å². The van der Waals surface area contributed by atoms with Crippen LogP contribution in [0.2, 0.25) is 0 Å². The van der Waals surface area contributed by atoms with Crippen LogP contribution in [0.15, 0.2) is 70.5 Å². The number of aromatic nitrogens is 1. The van der Waals surface area contributed by atoms with E-state index in [2.05, 4.69) is 12.1 Å². The van der Waals surface area contributed by atoms with E-state index in [0.29, 0.717) is 0 Å². The van der Waals surface area contributed by atoms with Gasteiger partial charge in [0.25, 0.3) is 0 Å². The average Bonchev–Trinajstić information content (AvgIpc) is 3.59. The van der Waals surface area contributed by atoms with Crippen molar-refractivity contribution in [1.29, 1.82) is 0 Å². The summed E-state index contributed by atoms with van der Waals surface area (Å²) in [6.07, 6.45) is 0.782. The maximum Gasteiger partial charge on any atom is 0.323 e. The Kier molecular flexibility index (Phi) is 4.85. The Labute approximate surface area is 214 Å². The van der Waals surface area contributed by atoms with Crippen LogP contribution in [0.4, 0.5) is 0 Å². The van der Waals surface area contributed by atoms with Gasteiger partial charge in [-0.05, 0) is 41.9 Å². The summed E-state index contributed by atoms with van der Waals surface area (Å²) in [5, 5.41) is 10.3. The summed E-state index contributed by atoms with van der Waals surface area (Å²) in [5.41, 5.74) is 1.93. The maximum atomic E-state index is 13.3. The standard InChI is InChI=1S/C27H22N2O5S2/c30-17(31)12-28-24(32)20-15-11-16(21(20)25(28)33)22-19(15)18(13-7-3-1-4-8-13)23-26(35-22)29(27(34)36-23)14-9-5-2-6-10-14/h1-10,15-16,18-22H,11-12H2,(H,30,31)/t15-,16-,18-,19-,20+,21-,22+/m1/s1. The van der Waals surface area contributed by atoms with Crippen molar-refractivity contribution in [3.63, 3.8) is 0 Å². The lowest BCUT2D eigenvalue weighted by Crippen LogP contribution is -2.43. The fourth-order valence-corrected chi connectivity index (χ4v) is 10.4. The first-order valence-electron chi connectivity index (χ1n) is 12.1. The van der Waals surface area contributed by atoms with E-state index in [9.17, 15) is 24.3 Å². The van der Waals surface area contributed by atoms with Crippen LogP contribution in [0.1, 0.15) is 22.8 Å². The molecule has 1 aromatic heterocycles. The van der Waals surface area contributed by atoms with Crippen LogP contribution < -0.4 is 4.87 Å². The minimum atomic E-state index is -1.17. The van der Waals surface area contributed by atoms with E-state index in [1.165, 1.54) is 11.3 Å². The van der Waals surface area contributed by atoms with Crippen LogP contribution >= 0.6 is 23.1 Å². The van der Waals surface area contributed by atoms with Crippen LogP contribution in [0, 0.1) is 29.6 Å². The minimum absolute atomic E-state index is 0.0199. The number of thiazole rings is 1. The number of aliphatic carboxylic acids is 1. The highest BCUT2D eigenvalue weighted by Crippen LogP contribution is 2.68. The lowest BCUT2D eigenvalue weighted by atomic mass is 9.68. The number of imide groups is 1. The summed E-state index contributed by atoms with van der Waals surface area (Å²) in [4.78, 5) is 53.2. The molecule has 2 bridgehead atoms. The topological polar surface area (TPSA) is 96.7 Å². The number of carboxylic acids is 1. The number of carboxylic acid groups (broad SMARTS) is 1. The molecule has 0 unspecified atom stereocenters. The van der Waals surface area contributed by atoms with Crippen molar-refractivity contribution in [3.8, 4) is 5.69 Å². The number of thioether (sulfide) groups is 1. The number of rotatable bonds is 4. The Morgan fingerprint density at radius 3 is 2.22 bits per heavy atom. The Hall–Kier alpha value is -3.17. The molecule has 3 aromatic rings. The number of benzene rings is 2. The van der Waals surface area contributed by atoms with E-state index in [4.69, 9.17) is 0 Å². The first kappa shape index (κ1) is 22.1. The molecular weight excluding hydrogens is 496 g/mol. The predicted molar refractivity (Wildman–Crippen MR) is 134 cm³/mol. The van der Waals surface area contributed by atoms with Crippen molar-refractivity contribution in [2.45, 2.75) is 22.6 Å². The largest absolute Gasteiger partial charge is 0.480 e. The molecule has 2 saturated carbocycles. The second kappa shape index (κ2) is 7.91. The number of hydrogen-bond donors (Lipinski definition) is 1. The molecule has 7 nitrogen and oxygen atoms in total. The number of fused-ring (bicyclic) bond motifs is 9. The first-order chi connectivity index (χ1) is 17.5. The van der Waals surface area contributed by atoms with Gasteiger partial charge in [0.1, 0.15) is 6.54 Å². The highest BCUT2D eigenvalue weighted by Gasteiger charge is 2.69. The zero-order valence-electron chi connectivity index (χ0n) is 19.0. The lowest BCUT2D eigenvalue weighted by molar-refractivity contribution is -0.149. The van der Waals surface area contributed by atoms with Gasteiger partial charge in [0.05, 0.1) is 22.5 Å². The Morgan fingerprint density at radius 2 is 1.56 bits per heavy atom. The van der Waals surface area contributed by atoms with Gasteiger partial charge in [-0.25, -0.2) is 0 Å². The van der Waals surface area contributed by atoms with Gasteiger partial charge < -0.3 is 5.11 Å². The zero-order valence-corrected chi connectivity index (χ0v) is 20.7. The van der Waals surface area contributed by atoms with E-state index in [1.54, 1.807) is 16.3 Å². The summed E-state index contributed by atoms with van der Waals surface area (Å²) in [6, 6.07) is 19.7. The van der Waals surface area contributed by atoms with Gasteiger partial charge in [0, 0.05) is 16.0 Å². The normalized spacial score (nSPS) is 31.9. The van der Waals surface area contributed by atoms with Gasteiger partial charge in [0.2, 0.25) is 11.8 Å². The number of carbonyl (C=O) groups is 3. The number of carbonyl (C=O) groups excluding carboxylic acids is 2. The van der Waals surface area contributed by atoms with Gasteiger partial charge >= 0.3 is 10.8 Å². The highest BCUT2D eigenvalue weighted by atomic mass is 32.2. The minimum Gasteiger partial charge on any atom is -0.480 e. The van der Waals surface area contributed by atoms with Crippen LogP contribution in [0.5, 0.6) is 0 Å². The number of amides is 2. The zero-order chi connectivity index (χ0) is 24.7. The Morgan fingerprint density at radius 1 is 0.917 bits per heavy atom. The highest BCUT2D eigenvalue weighted by molar-refractivity contribution is 8.00. The molecule has 1 saturated heterocycles. The smallest absolute Gasteiger partial charge is 0.323 e. The molecular formula is C27H22N2O5S2. The van der Waals surface area contributed by atoms with Gasteiger partial charge in [0.15, 0.2) is 0 Å². The SMILES string of the molecule is O=C(O)CN1C(=O)[C@@H]2[C@H]3C[C@@H]([C@@H]2C1=O)[C@@H]1[C@@H](c2ccccc2)c2sc(=O)n(-c4ccccc4)c2S[C@@H]31. The van der Waals surface area contributed by atoms with Gasteiger partial charge in [-0.3, -0.25) is 28.6 Å². The molecule has 182 valence electrons. The Balaban J connectivity index is 1.38. The molecule has 7 atom stereocenters. The van der Waals surface area contributed by atoms with Crippen molar-refractivity contribution in [2.75, 3.05) is 6.54 Å². The summed E-state index contributed by atoms with van der Waals surface area (Å²) < 4.78 is 1.79. The van der Waals surface area contributed by atoms with Gasteiger partial charge in [-0.2, -0.15) is 0 Å². The molecule has 2 aromatic carbocycles. The number of para-hydroxylation sites is 1. The van der Waals surface area contributed by atoms with E-state index in [0.717, 1.165) is 32.5 Å². The van der Waals surface area contributed by atoms with Crippen LogP contribution in [0.3, 0.4) is 0 Å². The predicted octanol–water partition coefficient (Wildman–Crippen LogP) is 3.46. The second-order valence-corrected chi connectivity index (χ2v) is 12.2. The Bertz CT molecular complexity index is 1470. The monoisotopic (exact) mass is 518 g/mol. The van der Waals surface area contributed by atoms with Crippen molar-refractivity contribution >= 4 is 40.9 Å². The van der Waals surface area contributed by atoms with Crippen molar-refractivity contribution in [2.24, 2.45) is 29.6 Å². The summed E-state index contributed by atoms with van der Waals surface area (Å²) >= 11 is 2.95. The fraction of sp³-hybridized carbons (Fsp3) is 0.333. The number of likely N-dealkylation sites (tertiary alicyclic amines) is 1. The van der Waals surface area contributed by atoms with Crippen LogP contribution in [-0.4, -0.2) is 44.2 Å². The van der Waals surface area contributed by atoms with Crippen molar-refractivity contribution in [1.82, 2.24) is 9.47 Å². The van der Waals surface area contributed by atoms with E-state index >= 15 is 0 Å². The third-order valence-corrected chi connectivity index (χ3v) is 11.1. The quantitative estimate of drug-likeness (QED) is 0.532. The lowest BCUT2D eigenvalue weighted by Gasteiger charge is -2.43. The van der Waals surface area contributed by atoms with E-state index in [-0.39, 0.29) is 45.6 Å². The maximum absolute atomic E-state index is 13.3. The van der Waals surface area contributed by atoms with E-state index < -0.39 is 24.3 Å². The summed E-state index contributed by atoms with van der Waals surface area (Å²) in [5.74, 6) is -2.79. The molecule has 2 aliphatic heterocycles. The average molecular weight is 519 g/mol.